The summed E-state index contributed by atoms with van der Waals surface area (Å²) in [5.74, 6) is 0.725. The first-order valence-electron chi connectivity index (χ1n) is 7.71. The van der Waals surface area contributed by atoms with Crippen LogP contribution in [0.15, 0.2) is 0 Å². The maximum absolute atomic E-state index is 9.67. The van der Waals surface area contributed by atoms with Gasteiger partial charge in [0.25, 0.3) is 0 Å². The van der Waals surface area contributed by atoms with Crippen LogP contribution in [-0.2, 0) is 0 Å². The van der Waals surface area contributed by atoms with E-state index in [2.05, 4.69) is 65.7 Å². The van der Waals surface area contributed by atoms with E-state index in [1.807, 2.05) is 0 Å². The molecule has 0 aromatic heterocycles. The minimum atomic E-state index is -0.195. The molecular weight excluding hydrogens is 236 g/mol. The Morgan fingerprint density at radius 3 is 1.95 bits per heavy atom. The minimum absolute atomic E-state index is 0.182. The normalized spacial score (nSPS) is 18.9. The summed E-state index contributed by atoms with van der Waals surface area (Å²) in [5.41, 5.74) is -0.195. The van der Waals surface area contributed by atoms with E-state index in [0.29, 0.717) is 18.1 Å². The molecule has 3 heteroatoms. The monoisotopic (exact) mass is 272 g/mol. The lowest BCUT2D eigenvalue weighted by molar-refractivity contribution is 0.0990. The molecule has 0 aromatic rings. The maximum Gasteiger partial charge on any atom is 0.0611 e. The van der Waals surface area contributed by atoms with Gasteiger partial charge in [-0.1, -0.05) is 27.7 Å². The topological polar surface area (TPSA) is 35.5 Å². The largest absolute Gasteiger partial charge is 0.394 e. The fraction of sp³-hybridized carbons (Fsp3) is 1.00. The summed E-state index contributed by atoms with van der Waals surface area (Å²) in [4.78, 5) is 2.44. The van der Waals surface area contributed by atoms with E-state index < -0.39 is 0 Å². The SMILES string of the molecule is CC(C)CC(C)N(C)C(C)CC(C)(CO)NC(C)C. The predicted molar refractivity (Wildman–Crippen MR) is 84.5 cm³/mol. The first kappa shape index (κ1) is 18.9. The van der Waals surface area contributed by atoms with Gasteiger partial charge in [-0.2, -0.15) is 0 Å². The summed E-state index contributed by atoms with van der Waals surface area (Å²) in [6.07, 6.45) is 2.18. The molecule has 0 aliphatic heterocycles. The number of hydrogen-bond acceptors (Lipinski definition) is 3. The fourth-order valence-corrected chi connectivity index (χ4v) is 2.94. The van der Waals surface area contributed by atoms with Gasteiger partial charge in [0.15, 0.2) is 0 Å². The summed E-state index contributed by atoms with van der Waals surface area (Å²) in [6, 6.07) is 1.43. The Balaban J connectivity index is 4.51. The summed E-state index contributed by atoms with van der Waals surface area (Å²) < 4.78 is 0. The third-order valence-electron chi connectivity index (χ3n) is 3.94. The van der Waals surface area contributed by atoms with Crippen molar-refractivity contribution < 1.29 is 5.11 Å². The first-order chi connectivity index (χ1) is 8.61. The van der Waals surface area contributed by atoms with Crippen LogP contribution in [-0.4, -0.2) is 47.3 Å². The smallest absolute Gasteiger partial charge is 0.0611 e. The molecule has 0 amide bonds. The zero-order valence-electron chi connectivity index (χ0n) is 14.3. The van der Waals surface area contributed by atoms with Crippen molar-refractivity contribution in [3.8, 4) is 0 Å². The van der Waals surface area contributed by atoms with Crippen LogP contribution in [0.4, 0.5) is 0 Å². The molecule has 3 atom stereocenters. The Labute approximate surface area is 120 Å². The maximum atomic E-state index is 9.67. The van der Waals surface area contributed by atoms with Gasteiger partial charge in [-0.05, 0) is 46.6 Å². The van der Waals surface area contributed by atoms with E-state index in [1.54, 1.807) is 0 Å². The van der Waals surface area contributed by atoms with Crippen molar-refractivity contribution in [2.45, 2.75) is 85.0 Å². The van der Waals surface area contributed by atoms with E-state index >= 15 is 0 Å². The second-order valence-corrected chi connectivity index (χ2v) is 7.21. The van der Waals surface area contributed by atoms with Gasteiger partial charge >= 0.3 is 0 Å². The van der Waals surface area contributed by atoms with Crippen molar-refractivity contribution >= 4 is 0 Å². The number of nitrogens with one attached hydrogen (secondary N) is 1. The standard InChI is InChI=1S/C16H36N2O/c1-12(2)9-14(5)18(8)15(6)10-16(7,11-19)17-13(3)4/h12-15,17,19H,9-11H2,1-8H3. The number of nitrogens with zero attached hydrogens (tertiary/aromatic N) is 1. The number of hydrogen-bond donors (Lipinski definition) is 2. The molecule has 19 heavy (non-hydrogen) atoms. The molecule has 116 valence electrons. The van der Waals surface area contributed by atoms with E-state index in [9.17, 15) is 5.11 Å². The van der Waals surface area contributed by atoms with Crippen molar-refractivity contribution in [2.75, 3.05) is 13.7 Å². The highest BCUT2D eigenvalue weighted by Gasteiger charge is 2.29. The Hall–Kier alpha value is -0.120. The summed E-state index contributed by atoms with van der Waals surface area (Å²) in [5, 5.41) is 13.2. The molecule has 0 spiro atoms. The lowest BCUT2D eigenvalue weighted by atomic mass is 9.92. The summed E-state index contributed by atoms with van der Waals surface area (Å²) in [6.45, 7) is 15.6. The Kier molecular flexibility index (Phi) is 8.18. The zero-order valence-corrected chi connectivity index (χ0v) is 14.3. The highest BCUT2D eigenvalue weighted by atomic mass is 16.3. The van der Waals surface area contributed by atoms with E-state index in [-0.39, 0.29) is 12.1 Å². The predicted octanol–water partition coefficient (Wildman–Crippen LogP) is 2.88. The van der Waals surface area contributed by atoms with Crippen molar-refractivity contribution in [2.24, 2.45) is 5.92 Å². The van der Waals surface area contributed by atoms with Crippen LogP contribution in [0.2, 0.25) is 0 Å². The number of rotatable bonds is 9. The Morgan fingerprint density at radius 2 is 1.58 bits per heavy atom. The van der Waals surface area contributed by atoms with Crippen LogP contribution in [0, 0.1) is 5.92 Å². The van der Waals surface area contributed by atoms with Crippen LogP contribution >= 0.6 is 0 Å². The van der Waals surface area contributed by atoms with Crippen molar-refractivity contribution in [1.29, 1.82) is 0 Å². The minimum Gasteiger partial charge on any atom is -0.394 e. The zero-order chi connectivity index (χ0) is 15.2. The first-order valence-corrected chi connectivity index (χ1v) is 7.71. The lowest BCUT2D eigenvalue weighted by Crippen LogP contribution is -2.53. The highest BCUT2D eigenvalue weighted by molar-refractivity contribution is 4.88. The summed E-state index contributed by atoms with van der Waals surface area (Å²) >= 11 is 0. The van der Waals surface area contributed by atoms with Crippen molar-refractivity contribution in [3.05, 3.63) is 0 Å². The van der Waals surface area contributed by atoms with Gasteiger partial charge in [0.2, 0.25) is 0 Å². The van der Waals surface area contributed by atoms with Crippen molar-refractivity contribution in [3.63, 3.8) is 0 Å². The van der Waals surface area contributed by atoms with Gasteiger partial charge in [0.1, 0.15) is 0 Å². The second kappa shape index (κ2) is 8.23. The van der Waals surface area contributed by atoms with Crippen LogP contribution in [0.25, 0.3) is 0 Å². The van der Waals surface area contributed by atoms with Gasteiger partial charge in [0.05, 0.1) is 6.61 Å². The van der Waals surface area contributed by atoms with Crippen LogP contribution in [0.3, 0.4) is 0 Å². The van der Waals surface area contributed by atoms with Gasteiger partial charge in [-0.3, -0.25) is 0 Å². The third kappa shape index (κ3) is 7.28. The van der Waals surface area contributed by atoms with Crippen molar-refractivity contribution in [1.82, 2.24) is 10.2 Å². The van der Waals surface area contributed by atoms with Gasteiger partial charge in [-0.15, -0.1) is 0 Å². The highest BCUT2D eigenvalue weighted by Crippen LogP contribution is 2.20. The molecule has 0 bridgehead atoms. The quantitative estimate of drug-likeness (QED) is 0.677. The van der Waals surface area contributed by atoms with Gasteiger partial charge < -0.3 is 15.3 Å². The average Bonchev–Trinajstić information content (AvgIpc) is 2.25. The van der Waals surface area contributed by atoms with E-state index in [0.717, 1.165) is 12.3 Å². The van der Waals surface area contributed by atoms with Gasteiger partial charge in [-0.25, -0.2) is 0 Å². The molecule has 0 fully saturated rings. The lowest BCUT2D eigenvalue weighted by Gasteiger charge is -2.39. The van der Waals surface area contributed by atoms with Crippen LogP contribution in [0.1, 0.15) is 61.3 Å². The molecule has 3 unspecified atom stereocenters. The molecule has 0 aliphatic carbocycles. The second-order valence-electron chi connectivity index (χ2n) is 7.21. The summed E-state index contributed by atoms with van der Waals surface area (Å²) in [7, 11) is 2.20. The molecule has 0 saturated carbocycles. The molecule has 3 nitrogen and oxygen atoms in total. The number of aliphatic hydroxyl groups excluding tert-OH is 1. The Bertz CT molecular complexity index is 243. The molecule has 0 rings (SSSR count). The third-order valence-corrected chi connectivity index (χ3v) is 3.94. The molecule has 0 saturated heterocycles. The molecule has 0 heterocycles. The number of aliphatic hydroxyl groups is 1. The molecular formula is C16H36N2O. The fourth-order valence-electron chi connectivity index (χ4n) is 2.94. The molecule has 0 aromatic carbocycles. The van der Waals surface area contributed by atoms with Gasteiger partial charge in [0, 0.05) is 23.7 Å². The van der Waals surface area contributed by atoms with Crippen LogP contribution < -0.4 is 5.32 Å². The molecule has 0 aliphatic rings. The molecule has 2 N–H and O–H groups in total. The molecule has 0 radical (unpaired) electrons. The van der Waals surface area contributed by atoms with Crippen LogP contribution in [0.5, 0.6) is 0 Å². The average molecular weight is 272 g/mol. The van der Waals surface area contributed by atoms with E-state index in [4.69, 9.17) is 0 Å². The van der Waals surface area contributed by atoms with E-state index in [1.165, 1.54) is 6.42 Å². The Morgan fingerprint density at radius 1 is 1.05 bits per heavy atom.